The molecule has 1 aliphatic carbocycles. The van der Waals surface area contributed by atoms with E-state index in [2.05, 4.69) is 56.9 Å². The van der Waals surface area contributed by atoms with Crippen LogP contribution >= 0.6 is 0 Å². The van der Waals surface area contributed by atoms with E-state index in [0.29, 0.717) is 12.1 Å². The average Bonchev–Trinajstić information content (AvgIpc) is 3.13. The van der Waals surface area contributed by atoms with Gasteiger partial charge in [0.25, 0.3) is 0 Å². The molecule has 8 nitrogen and oxygen atoms in total. The van der Waals surface area contributed by atoms with Crippen LogP contribution in [0.25, 0.3) is 0 Å². The molecule has 0 radical (unpaired) electrons. The Kier molecular flexibility index (Phi) is 3.44. The van der Waals surface area contributed by atoms with Gasteiger partial charge in [0.15, 0.2) is 0 Å². The van der Waals surface area contributed by atoms with Crippen LogP contribution in [0.4, 0.5) is 0 Å². The molecule has 6 unspecified atom stereocenters. The first kappa shape index (κ1) is 13.4. The fourth-order valence-corrected chi connectivity index (χ4v) is 4.58. The predicted molar refractivity (Wildman–Crippen MR) is 74.4 cm³/mol. The van der Waals surface area contributed by atoms with Gasteiger partial charge in [-0.15, -0.1) is 0 Å². The minimum absolute atomic E-state index is 0.217. The number of piperazine rings is 1. The zero-order chi connectivity index (χ0) is 13.7. The molecular formula is C12H26N8. The number of nitrogens with zero attached hydrogens (tertiary/aromatic N) is 2. The number of nitrogens with one attached hydrogen (secondary N) is 6. The lowest BCUT2D eigenvalue weighted by Gasteiger charge is -2.53. The van der Waals surface area contributed by atoms with Crippen molar-refractivity contribution >= 4 is 0 Å². The van der Waals surface area contributed by atoms with Gasteiger partial charge in [0.2, 0.25) is 0 Å². The van der Waals surface area contributed by atoms with E-state index in [-0.39, 0.29) is 12.3 Å². The van der Waals surface area contributed by atoms with Crippen molar-refractivity contribution in [1.29, 1.82) is 0 Å². The summed E-state index contributed by atoms with van der Waals surface area (Å²) in [6.45, 7) is 4.67. The molecule has 0 bridgehead atoms. The van der Waals surface area contributed by atoms with Crippen molar-refractivity contribution < 1.29 is 0 Å². The van der Waals surface area contributed by atoms with Gasteiger partial charge < -0.3 is 0 Å². The molecule has 114 valence electrons. The second-order valence-electron chi connectivity index (χ2n) is 6.41. The summed E-state index contributed by atoms with van der Waals surface area (Å²) in [4.78, 5) is 0. The standard InChI is InChI=1S/C12H26N8/c1-3-7-5-9-10(6-8(7)4-2)20-12(14-16-18-20)11-13-15-17-19(9)11/h7-18H,3-6H2,1-2H3. The molecule has 6 N–H and O–H groups in total. The fraction of sp³-hybridized carbons (Fsp3) is 1.00. The van der Waals surface area contributed by atoms with Crippen LogP contribution in [0.3, 0.4) is 0 Å². The smallest absolute Gasteiger partial charge is 0.120 e. The minimum Gasteiger partial charge on any atom is -0.221 e. The average molecular weight is 282 g/mol. The molecule has 1 saturated carbocycles. The highest BCUT2D eigenvalue weighted by Crippen LogP contribution is 2.41. The largest absolute Gasteiger partial charge is 0.221 e. The van der Waals surface area contributed by atoms with Gasteiger partial charge in [-0.25, -0.2) is 20.9 Å². The molecule has 0 aromatic carbocycles. The van der Waals surface area contributed by atoms with Crippen molar-refractivity contribution in [2.75, 3.05) is 0 Å². The first-order valence-corrected chi connectivity index (χ1v) is 7.92. The number of hydrazine groups is 6. The molecule has 0 spiro atoms. The van der Waals surface area contributed by atoms with Gasteiger partial charge in [-0.05, 0) is 24.7 Å². The number of hydrogen-bond acceptors (Lipinski definition) is 8. The monoisotopic (exact) mass is 282 g/mol. The third kappa shape index (κ3) is 1.84. The van der Waals surface area contributed by atoms with E-state index in [1.807, 2.05) is 0 Å². The van der Waals surface area contributed by atoms with Crippen molar-refractivity contribution in [3.63, 3.8) is 0 Å². The second-order valence-corrected chi connectivity index (χ2v) is 6.41. The maximum absolute atomic E-state index is 3.30. The summed E-state index contributed by atoms with van der Waals surface area (Å²) in [5.41, 5.74) is 19.3. The Morgan fingerprint density at radius 3 is 1.65 bits per heavy atom. The van der Waals surface area contributed by atoms with E-state index >= 15 is 0 Å². The maximum atomic E-state index is 3.30. The predicted octanol–water partition coefficient (Wildman–Crippen LogP) is -1.11. The van der Waals surface area contributed by atoms with Gasteiger partial charge in [-0.1, -0.05) is 26.7 Å². The van der Waals surface area contributed by atoms with Crippen molar-refractivity contribution in [1.82, 2.24) is 43.0 Å². The van der Waals surface area contributed by atoms with Crippen molar-refractivity contribution in [2.45, 2.75) is 63.9 Å². The summed E-state index contributed by atoms with van der Waals surface area (Å²) in [5, 5.41) is 4.73. The molecule has 0 aromatic heterocycles. The Balaban J connectivity index is 1.62. The molecule has 6 atom stereocenters. The van der Waals surface area contributed by atoms with Crippen molar-refractivity contribution in [3.05, 3.63) is 0 Å². The lowest BCUT2D eigenvalue weighted by atomic mass is 9.71. The number of hydrogen-bond donors (Lipinski definition) is 6. The Morgan fingerprint density at radius 1 is 0.800 bits per heavy atom. The van der Waals surface area contributed by atoms with E-state index in [9.17, 15) is 0 Å². The van der Waals surface area contributed by atoms with Crippen LogP contribution in [-0.4, -0.2) is 34.4 Å². The maximum Gasteiger partial charge on any atom is 0.120 e. The van der Waals surface area contributed by atoms with Crippen LogP contribution in [-0.2, 0) is 0 Å². The Bertz CT molecular complexity index is 331. The first-order valence-electron chi connectivity index (χ1n) is 7.92. The summed E-state index contributed by atoms with van der Waals surface area (Å²) in [6.07, 6.45) is 5.53. The highest BCUT2D eigenvalue weighted by Gasteiger charge is 2.54. The third-order valence-corrected chi connectivity index (χ3v) is 5.67. The van der Waals surface area contributed by atoms with E-state index in [4.69, 9.17) is 0 Å². The molecule has 3 aliphatic heterocycles. The molecule has 3 saturated heterocycles. The molecule has 20 heavy (non-hydrogen) atoms. The number of rotatable bonds is 2. The highest BCUT2D eigenvalue weighted by molar-refractivity contribution is 5.03. The van der Waals surface area contributed by atoms with Gasteiger partial charge in [-0.3, -0.25) is 0 Å². The van der Waals surface area contributed by atoms with Crippen LogP contribution in [0.2, 0.25) is 0 Å². The summed E-state index contributed by atoms with van der Waals surface area (Å²) in [5.74, 6) is 1.67. The van der Waals surface area contributed by atoms with Gasteiger partial charge in [-0.2, -0.15) is 22.1 Å². The lowest BCUT2D eigenvalue weighted by molar-refractivity contribution is -0.113. The molecule has 8 heteroatoms. The second kappa shape index (κ2) is 5.15. The molecule has 0 amide bonds. The molecule has 0 aromatic rings. The normalized spacial score (nSPS) is 48.9. The Morgan fingerprint density at radius 2 is 1.25 bits per heavy atom. The molecule has 4 aliphatic rings. The van der Waals surface area contributed by atoms with Crippen LogP contribution in [0.5, 0.6) is 0 Å². The minimum atomic E-state index is 0.217. The van der Waals surface area contributed by atoms with Crippen LogP contribution in [0.1, 0.15) is 39.5 Å². The topological polar surface area (TPSA) is 78.7 Å². The fourth-order valence-electron chi connectivity index (χ4n) is 4.58. The third-order valence-electron chi connectivity index (χ3n) is 5.67. The van der Waals surface area contributed by atoms with Crippen molar-refractivity contribution in [2.24, 2.45) is 11.8 Å². The zero-order valence-corrected chi connectivity index (χ0v) is 12.2. The van der Waals surface area contributed by atoms with Crippen molar-refractivity contribution in [3.8, 4) is 0 Å². The first-order chi connectivity index (χ1) is 9.83. The summed E-state index contributed by atoms with van der Waals surface area (Å²) >= 11 is 0. The summed E-state index contributed by atoms with van der Waals surface area (Å²) in [6, 6.07) is 1.06. The van der Waals surface area contributed by atoms with Gasteiger partial charge in [0.05, 0.1) is 0 Å². The Labute approximate surface area is 119 Å². The SMILES string of the molecule is CCC1CC2C(CC1CC)N1NNNC1C1NNNN21. The van der Waals surface area contributed by atoms with Crippen LogP contribution in [0, 0.1) is 11.8 Å². The summed E-state index contributed by atoms with van der Waals surface area (Å²) in [7, 11) is 0. The highest BCUT2D eigenvalue weighted by atomic mass is 16.0. The van der Waals surface area contributed by atoms with Crippen LogP contribution in [0.15, 0.2) is 0 Å². The zero-order valence-electron chi connectivity index (χ0n) is 12.2. The Hall–Kier alpha value is -0.320. The van der Waals surface area contributed by atoms with Gasteiger partial charge in [0.1, 0.15) is 12.3 Å². The van der Waals surface area contributed by atoms with Gasteiger partial charge >= 0.3 is 0 Å². The van der Waals surface area contributed by atoms with E-state index in [0.717, 1.165) is 11.8 Å². The summed E-state index contributed by atoms with van der Waals surface area (Å²) < 4.78 is 0. The molecular weight excluding hydrogens is 256 g/mol. The van der Waals surface area contributed by atoms with E-state index in [1.165, 1.54) is 25.7 Å². The van der Waals surface area contributed by atoms with E-state index < -0.39 is 0 Å². The lowest BCUT2D eigenvalue weighted by Crippen LogP contribution is -2.73. The molecule has 4 fully saturated rings. The quantitative estimate of drug-likeness (QED) is 0.381. The van der Waals surface area contributed by atoms with E-state index in [1.54, 1.807) is 0 Å². The van der Waals surface area contributed by atoms with Gasteiger partial charge in [0, 0.05) is 12.1 Å². The van der Waals surface area contributed by atoms with Crippen LogP contribution < -0.4 is 33.0 Å². The number of fused-ring (bicyclic) bond motifs is 6. The molecule has 3 heterocycles. The molecule has 4 rings (SSSR count).